The summed E-state index contributed by atoms with van der Waals surface area (Å²) in [5.74, 6) is 2.63. The number of rotatable bonds is 3. The van der Waals surface area contributed by atoms with Crippen LogP contribution in [-0.2, 0) is 0 Å². The van der Waals surface area contributed by atoms with Gasteiger partial charge < -0.3 is 5.32 Å². The maximum absolute atomic E-state index is 11.0. The first-order chi connectivity index (χ1) is 8.94. The summed E-state index contributed by atoms with van der Waals surface area (Å²) in [6.07, 6.45) is 6.97. The smallest absolute Gasteiger partial charge is 0.295 e. The highest BCUT2D eigenvalue weighted by Gasteiger charge is 2.19. The molecule has 1 heterocycles. The molecule has 0 saturated heterocycles. The standard InChI is InChI=1S/C14H13N3O2/c1-4-14(2,3)16-11-7-8-12(17(18)19)13-10(11)6-5-9-15-13/h1,5-9,16H,2-3H3. The molecule has 2 aromatic rings. The maximum Gasteiger partial charge on any atom is 0.295 e. The Balaban J connectivity index is 2.63. The van der Waals surface area contributed by atoms with E-state index in [1.807, 2.05) is 13.8 Å². The Morgan fingerprint density at radius 3 is 2.79 bits per heavy atom. The zero-order valence-corrected chi connectivity index (χ0v) is 10.7. The highest BCUT2D eigenvalue weighted by molar-refractivity contribution is 5.97. The third-order valence-electron chi connectivity index (χ3n) is 2.75. The van der Waals surface area contributed by atoms with Gasteiger partial charge in [-0.3, -0.25) is 10.1 Å². The van der Waals surface area contributed by atoms with Crippen molar-refractivity contribution in [3.8, 4) is 12.3 Å². The molecule has 1 aromatic carbocycles. The molecule has 0 unspecified atom stereocenters. The van der Waals surface area contributed by atoms with E-state index in [1.165, 1.54) is 12.3 Å². The monoisotopic (exact) mass is 255 g/mol. The average molecular weight is 255 g/mol. The summed E-state index contributed by atoms with van der Waals surface area (Å²) >= 11 is 0. The minimum atomic E-state index is -0.543. The summed E-state index contributed by atoms with van der Waals surface area (Å²) in [5, 5.41) is 14.8. The number of nitro benzene ring substituents is 1. The first kappa shape index (κ1) is 12.8. The van der Waals surface area contributed by atoms with Crippen LogP contribution in [0.4, 0.5) is 11.4 Å². The Bertz CT molecular complexity index is 687. The van der Waals surface area contributed by atoms with Gasteiger partial charge in [-0.15, -0.1) is 6.42 Å². The molecule has 1 aromatic heterocycles. The van der Waals surface area contributed by atoms with E-state index in [0.29, 0.717) is 10.9 Å². The molecule has 5 heteroatoms. The van der Waals surface area contributed by atoms with Crippen LogP contribution in [0.15, 0.2) is 30.5 Å². The largest absolute Gasteiger partial charge is 0.369 e. The van der Waals surface area contributed by atoms with Crippen LogP contribution in [0.5, 0.6) is 0 Å². The van der Waals surface area contributed by atoms with Crippen molar-refractivity contribution in [1.82, 2.24) is 4.98 Å². The lowest BCUT2D eigenvalue weighted by Gasteiger charge is -2.22. The van der Waals surface area contributed by atoms with E-state index in [0.717, 1.165) is 5.69 Å². The van der Waals surface area contributed by atoms with E-state index in [-0.39, 0.29) is 5.69 Å². The molecule has 0 aliphatic carbocycles. The molecule has 0 amide bonds. The van der Waals surface area contributed by atoms with Gasteiger partial charge in [0.15, 0.2) is 0 Å². The van der Waals surface area contributed by atoms with Gasteiger partial charge in [-0.25, -0.2) is 4.98 Å². The molecule has 0 spiro atoms. The molecular weight excluding hydrogens is 242 g/mol. The first-order valence-electron chi connectivity index (χ1n) is 5.73. The molecule has 0 fully saturated rings. The lowest BCUT2D eigenvalue weighted by Crippen LogP contribution is -2.28. The summed E-state index contributed by atoms with van der Waals surface area (Å²) in [7, 11) is 0. The third-order valence-corrected chi connectivity index (χ3v) is 2.75. The van der Waals surface area contributed by atoms with Crippen molar-refractivity contribution < 1.29 is 4.92 Å². The molecule has 0 bridgehead atoms. The summed E-state index contributed by atoms with van der Waals surface area (Å²) in [6.45, 7) is 3.72. The fourth-order valence-electron chi connectivity index (χ4n) is 1.79. The number of benzene rings is 1. The van der Waals surface area contributed by atoms with E-state index in [1.54, 1.807) is 18.2 Å². The molecule has 0 saturated carbocycles. The quantitative estimate of drug-likeness (QED) is 0.520. The predicted octanol–water partition coefficient (Wildman–Crippen LogP) is 2.97. The van der Waals surface area contributed by atoms with Gasteiger partial charge in [0.1, 0.15) is 5.52 Å². The number of nitrogens with one attached hydrogen (secondary N) is 1. The molecule has 0 aliphatic heterocycles. The predicted molar refractivity (Wildman–Crippen MR) is 74.9 cm³/mol. The second-order valence-corrected chi connectivity index (χ2v) is 4.68. The number of nitrogens with zero attached hydrogens (tertiary/aromatic N) is 2. The SMILES string of the molecule is C#CC(C)(C)Nc1ccc([N+](=O)[O-])c2ncccc12. The Morgan fingerprint density at radius 2 is 2.16 bits per heavy atom. The number of nitro groups is 1. The molecule has 5 nitrogen and oxygen atoms in total. The summed E-state index contributed by atoms with van der Waals surface area (Å²) in [6, 6.07) is 6.61. The third kappa shape index (κ3) is 2.47. The summed E-state index contributed by atoms with van der Waals surface area (Å²) in [4.78, 5) is 14.6. The van der Waals surface area contributed by atoms with Crippen molar-refractivity contribution in [2.24, 2.45) is 0 Å². The number of pyridine rings is 1. The topological polar surface area (TPSA) is 68.1 Å². The van der Waals surface area contributed by atoms with E-state index in [2.05, 4.69) is 16.2 Å². The molecule has 0 atom stereocenters. The first-order valence-corrected chi connectivity index (χ1v) is 5.73. The summed E-state index contributed by atoms with van der Waals surface area (Å²) in [5.41, 5.74) is 0.528. The molecule has 96 valence electrons. The fraction of sp³-hybridized carbons (Fsp3) is 0.214. The number of anilines is 1. The van der Waals surface area contributed by atoms with Crippen LogP contribution < -0.4 is 5.32 Å². The van der Waals surface area contributed by atoms with E-state index in [9.17, 15) is 10.1 Å². The van der Waals surface area contributed by atoms with Gasteiger partial charge in [-0.05, 0) is 32.0 Å². The summed E-state index contributed by atoms with van der Waals surface area (Å²) < 4.78 is 0. The van der Waals surface area contributed by atoms with Crippen LogP contribution in [-0.4, -0.2) is 15.4 Å². The highest BCUT2D eigenvalue weighted by atomic mass is 16.6. The number of terminal acetylenes is 1. The Labute approximate surface area is 110 Å². The van der Waals surface area contributed by atoms with Crippen LogP contribution in [0.3, 0.4) is 0 Å². The van der Waals surface area contributed by atoms with E-state index < -0.39 is 10.5 Å². The van der Waals surface area contributed by atoms with Crippen molar-refractivity contribution in [1.29, 1.82) is 0 Å². The minimum Gasteiger partial charge on any atom is -0.369 e. The molecule has 0 radical (unpaired) electrons. The maximum atomic E-state index is 11.0. The lowest BCUT2D eigenvalue weighted by molar-refractivity contribution is -0.383. The number of hydrogen-bond donors (Lipinski definition) is 1. The van der Waals surface area contributed by atoms with E-state index >= 15 is 0 Å². The zero-order valence-electron chi connectivity index (χ0n) is 10.7. The van der Waals surface area contributed by atoms with Gasteiger partial charge in [0.25, 0.3) is 5.69 Å². The molecule has 2 rings (SSSR count). The van der Waals surface area contributed by atoms with Gasteiger partial charge in [-0.1, -0.05) is 5.92 Å². The lowest BCUT2D eigenvalue weighted by atomic mass is 10.0. The highest BCUT2D eigenvalue weighted by Crippen LogP contribution is 2.31. The van der Waals surface area contributed by atoms with Gasteiger partial charge in [0.05, 0.1) is 10.5 Å². The number of aromatic nitrogens is 1. The Morgan fingerprint density at radius 1 is 1.42 bits per heavy atom. The normalized spacial score (nSPS) is 11.0. The van der Waals surface area contributed by atoms with Crippen LogP contribution in [0.2, 0.25) is 0 Å². The fourth-order valence-corrected chi connectivity index (χ4v) is 1.79. The molecule has 19 heavy (non-hydrogen) atoms. The van der Waals surface area contributed by atoms with Crippen LogP contribution in [0.1, 0.15) is 13.8 Å². The molecule has 0 aliphatic rings. The van der Waals surface area contributed by atoms with Crippen molar-refractivity contribution in [3.63, 3.8) is 0 Å². The molecular formula is C14H13N3O2. The zero-order chi connectivity index (χ0) is 14.0. The van der Waals surface area contributed by atoms with Gasteiger partial charge in [0.2, 0.25) is 0 Å². The second-order valence-electron chi connectivity index (χ2n) is 4.68. The van der Waals surface area contributed by atoms with Crippen molar-refractivity contribution in [2.75, 3.05) is 5.32 Å². The number of hydrogen-bond acceptors (Lipinski definition) is 4. The van der Waals surface area contributed by atoms with Crippen LogP contribution >= 0.6 is 0 Å². The van der Waals surface area contributed by atoms with Gasteiger partial charge in [0, 0.05) is 23.3 Å². The number of fused-ring (bicyclic) bond motifs is 1. The molecule has 1 N–H and O–H groups in total. The van der Waals surface area contributed by atoms with Gasteiger partial charge in [-0.2, -0.15) is 0 Å². The van der Waals surface area contributed by atoms with Crippen LogP contribution in [0.25, 0.3) is 10.9 Å². The van der Waals surface area contributed by atoms with Crippen molar-refractivity contribution in [3.05, 3.63) is 40.6 Å². The average Bonchev–Trinajstić information content (AvgIpc) is 2.38. The number of non-ortho nitro benzene ring substituents is 1. The van der Waals surface area contributed by atoms with Gasteiger partial charge >= 0.3 is 0 Å². The Kier molecular flexibility index (Phi) is 3.09. The van der Waals surface area contributed by atoms with Crippen molar-refractivity contribution >= 4 is 22.3 Å². The van der Waals surface area contributed by atoms with E-state index in [4.69, 9.17) is 6.42 Å². The van der Waals surface area contributed by atoms with Crippen molar-refractivity contribution in [2.45, 2.75) is 19.4 Å². The Hall–Kier alpha value is -2.61. The second kappa shape index (κ2) is 4.58. The minimum absolute atomic E-state index is 0.0142. The van der Waals surface area contributed by atoms with Crippen LogP contribution in [0, 0.1) is 22.5 Å².